The lowest BCUT2D eigenvalue weighted by atomic mass is 10.1. The van der Waals surface area contributed by atoms with Gasteiger partial charge in [0.25, 0.3) is 0 Å². The molecule has 2 heteroatoms. The second kappa shape index (κ2) is 6.87. The van der Waals surface area contributed by atoms with E-state index in [9.17, 15) is 4.79 Å². The molecule has 0 aliphatic heterocycles. The molecule has 0 aromatic heterocycles. The van der Waals surface area contributed by atoms with Gasteiger partial charge in [-0.1, -0.05) is 67.8 Å². The number of rotatable bonds is 5. The number of esters is 1. The summed E-state index contributed by atoms with van der Waals surface area (Å²) < 4.78 is 5.50. The molecule has 1 aromatic carbocycles. The van der Waals surface area contributed by atoms with Crippen molar-refractivity contribution in [1.29, 1.82) is 0 Å². The molecule has 23 heavy (non-hydrogen) atoms. The van der Waals surface area contributed by atoms with Gasteiger partial charge in [-0.15, -0.1) is 6.42 Å². The van der Waals surface area contributed by atoms with Crippen LogP contribution in [0.2, 0.25) is 0 Å². The maximum atomic E-state index is 12.4. The van der Waals surface area contributed by atoms with Gasteiger partial charge in [0.1, 0.15) is 0 Å². The fraction of sp³-hybridized carbons (Fsp3) is 0.381. The average Bonchev–Trinajstić information content (AvgIpc) is 3.04. The van der Waals surface area contributed by atoms with Crippen molar-refractivity contribution < 1.29 is 9.53 Å². The normalized spacial score (nSPS) is 22.9. The molecule has 1 aliphatic carbocycles. The van der Waals surface area contributed by atoms with Crippen LogP contribution in [0.5, 0.6) is 0 Å². The van der Waals surface area contributed by atoms with Crippen molar-refractivity contribution in [2.75, 3.05) is 0 Å². The van der Waals surface area contributed by atoms with Gasteiger partial charge in [-0.05, 0) is 36.8 Å². The second-order valence-electron chi connectivity index (χ2n) is 6.86. The standard InChI is InChI=1S/C21H24O2/c1-6-17(13-12-16-10-8-7-9-11-16)23-20(22)19-18(14-15(2)3)21(19,4)5/h1,7-14,17-19H,2-5H3. The molecule has 0 heterocycles. The molecular formula is C21H24O2. The van der Waals surface area contributed by atoms with Crippen LogP contribution in [0, 0.1) is 29.6 Å². The van der Waals surface area contributed by atoms with Gasteiger partial charge in [0.05, 0.1) is 5.92 Å². The maximum absolute atomic E-state index is 12.4. The molecule has 0 bridgehead atoms. The molecule has 1 aromatic rings. The third-order valence-electron chi connectivity index (χ3n) is 4.35. The number of carbonyl (C=O) groups is 1. The minimum absolute atomic E-state index is 0.0589. The SMILES string of the molecule is C#CC(C=Cc1ccccc1)OC(=O)C1C(C=C(C)C)C1(C)C. The number of carbonyl (C=O) groups excluding carboxylic acids is 1. The third kappa shape index (κ3) is 4.13. The van der Waals surface area contributed by atoms with Crippen molar-refractivity contribution in [2.45, 2.75) is 33.8 Å². The zero-order valence-electron chi connectivity index (χ0n) is 14.2. The summed E-state index contributed by atoms with van der Waals surface area (Å²) in [5.41, 5.74) is 2.19. The fourth-order valence-corrected chi connectivity index (χ4v) is 2.89. The van der Waals surface area contributed by atoms with Gasteiger partial charge in [-0.2, -0.15) is 0 Å². The summed E-state index contributed by atoms with van der Waals surface area (Å²) in [5.74, 6) is 2.43. The molecule has 1 aliphatic rings. The summed E-state index contributed by atoms with van der Waals surface area (Å²) in [6, 6.07) is 9.80. The molecule has 2 rings (SSSR count). The van der Waals surface area contributed by atoms with E-state index >= 15 is 0 Å². The number of allylic oxidation sites excluding steroid dienone is 2. The highest BCUT2D eigenvalue weighted by Gasteiger charge is 2.61. The Morgan fingerprint density at radius 3 is 2.52 bits per heavy atom. The lowest BCUT2D eigenvalue weighted by molar-refractivity contribution is -0.147. The van der Waals surface area contributed by atoms with E-state index in [2.05, 4.69) is 25.8 Å². The predicted octanol–water partition coefficient (Wildman–Crippen LogP) is 4.48. The van der Waals surface area contributed by atoms with Gasteiger partial charge in [0.15, 0.2) is 6.10 Å². The van der Waals surface area contributed by atoms with E-state index in [1.807, 2.05) is 50.3 Å². The summed E-state index contributed by atoms with van der Waals surface area (Å²) in [7, 11) is 0. The quantitative estimate of drug-likeness (QED) is 0.455. The summed E-state index contributed by atoms with van der Waals surface area (Å²) >= 11 is 0. The molecule has 0 radical (unpaired) electrons. The highest BCUT2D eigenvalue weighted by molar-refractivity contribution is 5.79. The number of terminal acetylenes is 1. The summed E-state index contributed by atoms with van der Waals surface area (Å²) in [4.78, 5) is 12.4. The number of hydrogen-bond acceptors (Lipinski definition) is 2. The van der Waals surface area contributed by atoms with Gasteiger partial charge in [0.2, 0.25) is 0 Å². The summed E-state index contributed by atoms with van der Waals surface area (Å²) in [5, 5.41) is 0. The van der Waals surface area contributed by atoms with Crippen LogP contribution in [-0.4, -0.2) is 12.1 Å². The van der Waals surface area contributed by atoms with E-state index in [1.54, 1.807) is 6.08 Å². The van der Waals surface area contributed by atoms with Gasteiger partial charge in [0, 0.05) is 0 Å². The first-order chi connectivity index (χ1) is 10.9. The largest absolute Gasteiger partial charge is 0.445 e. The predicted molar refractivity (Wildman–Crippen MR) is 94.4 cm³/mol. The molecule has 2 nitrogen and oxygen atoms in total. The molecule has 0 amide bonds. The topological polar surface area (TPSA) is 26.3 Å². The average molecular weight is 308 g/mol. The third-order valence-corrected chi connectivity index (χ3v) is 4.35. The van der Waals surface area contributed by atoms with Crippen molar-refractivity contribution in [3.05, 3.63) is 53.6 Å². The van der Waals surface area contributed by atoms with Gasteiger partial charge < -0.3 is 4.74 Å². The smallest absolute Gasteiger partial charge is 0.311 e. The van der Waals surface area contributed by atoms with Crippen LogP contribution in [0.1, 0.15) is 33.3 Å². The minimum Gasteiger partial charge on any atom is -0.445 e. The van der Waals surface area contributed by atoms with Crippen molar-refractivity contribution >= 4 is 12.0 Å². The Morgan fingerprint density at radius 2 is 1.96 bits per heavy atom. The van der Waals surface area contributed by atoms with E-state index in [-0.39, 0.29) is 23.2 Å². The van der Waals surface area contributed by atoms with Crippen LogP contribution < -0.4 is 0 Å². The molecule has 3 unspecified atom stereocenters. The van der Waals surface area contributed by atoms with E-state index in [4.69, 9.17) is 11.2 Å². The first-order valence-electron chi connectivity index (χ1n) is 7.91. The van der Waals surface area contributed by atoms with Crippen LogP contribution in [0.4, 0.5) is 0 Å². The molecule has 0 saturated heterocycles. The van der Waals surface area contributed by atoms with E-state index in [0.29, 0.717) is 0 Å². The Morgan fingerprint density at radius 1 is 1.30 bits per heavy atom. The first-order valence-corrected chi connectivity index (χ1v) is 7.91. The number of benzene rings is 1. The lowest BCUT2D eigenvalue weighted by Crippen LogP contribution is -2.17. The van der Waals surface area contributed by atoms with Crippen molar-refractivity contribution in [3.8, 4) is 12.3 Å². The van der Waals surface area contributed by atoms with E-state index in [0.717, 1.165) is 5.56 Å². The molecule has 1 fully saturated rings. The van der Waals surface area contributed by atoms with Crippen LogP contribution in [-0.2, 0) is 9.53 Å². The maximum Gasteiger partial charge on any atom is 0.311 e. The zero-order valence-corrected chi connectivity index (χ0v) is 14.2. The van der Waals surface area contributed by atoms with Crippen LogP contribution >= 0.6 is 0 Å². The van der Waals surface area contributed by atoms with Crippen LogP contribution in [0.25, 0.3) is 6.08 Å². The van der Waals surface area contributed by atoms with Crippen molar-refractivity contribution in [3.63, 3.8) is 0 Å². The molecule has 3 atom stereocenters. The molecule has 1 saturated carbocycles. The minimum atomic E-state index is -0.633. The highest BCUT2D eigenvalue weighted by Crippen LogP contribution is 2.59. The molecule has 0 N–H and O–H groups in total. The van der Waals surface area contributed by atoms with Gasteiger partial charge in [-0.3, -0.25) is 4.79 Å². The van der Waals surface area contributed by atoms with E-state index < -0.39 is 6.10 Å². The summed E-state index contributed by atoms with van der Waals surface area (Å²) in [6.07, 6.45) is 10.6. The van der Waals surface area contributed by atoms with Crippen LogP contribution in [0.15, 0.2) is 48.1 Å². The highest BCUT2D eigenvalue weighted by atomic mass is 16.5. The number of ether oxygens (including phenoxy) is 1. The van der Waals surface area contributed by atoms with Gasteiger partial charge in [-0.25, -0.2) is 0 Å². The lowest BCUT2D eigenvalue weighted by Gasteiger charge is -2.09. The number of hydrogen-bond donors (Lipinski definition) is 0. The van der Waals surface area contributed by atoms with Crippen LogP contribution in [0.3, 0.4) is 0 Å². The fourth-order valence-electron chi connectivity index (χ4n) is 2.89. The Hall–Kier alpha value is -2.27. The van der Waals surface area contributed by atoms with E-state index in [1.165, 1.54) is 5.57 Å². The van der Waals surface area contributed by atoms with Gasteiger partial charge >= 0.3 is 5.97 Å². The Balaban J connectivity index is 2.00. The van der Waals surface area contributed by atoms with Crippen molar-refractivity contribution in [1.82, 2.24) is 0 Å². The molecule has 120 valence electrons. The second-order valence-corrected chi connectivity index (χ2v) is 6.86. The summed E-state index contributed by atoms with van der Waals surface area (Å²) in [6.45, 7) is 8.27. The molecular weight excluding hydrogens is 284 g/mol. The first kappa shape index (κ1) is 17.1. The Kier molecular flexibility index (Phi) is 5.11. The Bertz CT molecular complexity index is 655. The Labute approximate surface area is 139 Å². The monoisotopic (exact) mass is 308 g/mol. The molecule has 0 spiro atoms. The van der Waals surface area contributed by atoms with Crippen molar-refractivity contribution in [2.24, 2.45) is 17.3 Å². The zero-order chi connectivity index (χ0) is 17.0.